The fraction of sp³-hybridized carbons (Fsp3) is 0.158. The number of amides is 2. The first-order valence-electron chi connectivity index (χ1n) is 7.96. The van der Waals surface area contributed by atoms with Crippen molar-refractivity contribution in [3.63, 3.8) is 0 Å². The van der Waals surface area contributed by atoms with Gasteiger partial charge in [-0.25, -0.2) is 0 Å². The van der Waals surface area contributed by atoms with Crippen molar-refractivity contribution >= 4 is 56.2 Å². The maximum absolute atomic E-state index is 12.6. The molecule has 0 saturated heterocycles. The zero-order valence-corrected chi connectivity index (χ0v) is 15.2. The summed E-state index contributed by atoms with van der Waals surface area (Å²) in [5, 5.41) is 7.00. The van der Waals surface area contributed by atoms with Crippen LogP contribution in [0.1, 0.15) is 29.4 Å². The van der Waals surface area contributed by atoms with Crippen molar-refractivity contribution in [3.05, 3.63) is 58.4 Å². The van der Waals surface area contributed by atoms with Crippen LogP contribution in [0.15, 0.2) is 48.5 Å². The third-order valence-corrected chi connectivity index (χ3v) is 5.30. The molecule has 0 fully saturated rings. The number of halogens is 1. The molecular weight excluding hydrogens is 356 g/mol. The molecule has 0 aliphatic rings. The Kier molecular flexibility index (Phi) is 5.36. The van der Waals surface area contributed by atoms with Gasteiger partial charge in [-0.05, 0) is 30.7 Å². The minimum Gasteiger partial charge on any atom is -0.326 e. The van der Waals surface area contributed by atoms with E-state index in [1.165, 1.54) is 11.3 Å². The summed E-state index contributed by atoms with van der Waals surface area (Å²) in [6, 6.07) is 14.7. The highest BCUT2D eigenvalue weighted by Gasteiger charge is 2.17. The van der Waals surface area contributed by atoms with Crippen molar-refractivity contribution < 1.29 is 9.59 Å². The number of hydrogen-bond donors (Lipinski definition) is 2. The molecule has 0 aliphatic heterocycles. The molecule has 0 radical (unpaired) electrons. The first kappa shape index (κ1) is 17.5. The second kappa shape index (κ2) is 7.68. The Morgan fingerprint density at radius 1 is 1.04 bits per heavy atom. The quantitative estimate of drug-likeness (QED) is 0.617. The molecule has 25 heavy (non-hydrogen) atoms. The Bertz CT molecular complexity index is 936. The largest absolute Gasteiger partial charge is 0.326 e. The van der Waals surface area contributed by atoms with Crippen LogP contribution in [-0.4, -0.2) is 11.8 Å². The summed E-state index contributed by atoms with van der Waals surface area (Å²) >= 11 is 7.70. The zero-order valence-electron chi connectivity index (χ0n) is 13.6. The summed E-state index contributed by atoms with van der Waals surface area (Å²) in [7, 11) is 0. The van der Waals surface area contributed by atoms with E-state index in [1.54, 1.807) is 24.3 Å². The van der Waals surface area contributed by atoms with Crippen LogP contribution in [-0.2, 0) is 4.79 Å². The molecule has 3 rings (SSSR count). The zero-order chi connectivity index (χ0) is 17.8. The van der Waals surface area contributed by atoms with Gasteiger partial charge in [0.1, 0.15) is 4.88 Å². The summed E-state index contributed by atoms with van der Waals surface area (Å²) in [5.74, 6) is -0.304. The first-order valence-corrected chi connectivity index (χ1v) is 9.16. The molecule has 0 aliphatic carbocycles. The van der Waals surface area contributed by atoms with Crippen LogP contribution < -0.4 is 10.6 Å². The van der Waals surface area contributed by atoms with Gasteiger partial charge in [0.25, 0.3) is 5.91 Å². The van der Waals surface area contributed by atoms with Crippen LogP contribution >= 0.6 is 22.9 Å². The van der Waals surface area contributed by atoms with Gasteiger partial charge in [0.05, 0.1) is 5.02 Å². The van der Waals surface area contributed by atoms with E-state index in [1.807, 2.05) is 31.2 Å². The topological polar surface area (TPSA) is 58.2 Å². The van der Waals surface area contributed by atoms with E-state index in [9.17, 15) is 9.59 Å². The summed E-state index contributed by atoms with van der Waals surface area (Å²) in [6.45, 7) is 1.95. The summed E-state index contributed by atoms with van der Waals surface area (Å²) < 4.78 is 0.971. The Morgan fingerprint density at radius 2 is 1.76 bits per heavy atom. The van der Waals surface area contributed by atoms with Crippen molar-refractivity contribution in [1.82, 2.24) is 0 Å². The Morgan fingerprint density at radius 3 is 2.48 bits per heavy atom. The van der Waals surface area contributed by atoms with Gasteiger partial charge in [0, 0.05) is 27.9 Å². The fourth-order valence-electron chi connectivity index (χ4n) is 2.47. The second-order valence-corrected chi connectivity index (χ2v) is 7.00. The number of carbonyl (C=O) groups is 2. The highest BCUT2D eigenvalue weighted by atomic mass is 35.5. The van der Waals surface area contributed by atoms with Gasteiger partial charge in [-0.1, -0.05) is 42.8 Å². The van der Waals surface area contributed by atoms with Crippen LogP contribution in [0.25, 0.3) is 10.1 Å². The van der Waals surface area contributed by atoms with Gasteiger partial charge < -0.3 is 10.6 Å². The lowest BCUT2D eigenvalue weighted by Crippen LogP contribution is -2.13. The maximum Gasteiger partial charge on any atom is 0.267 e. The van der Waals surface area contributed by atoms with Gasteiger partial charge >= 0.3 is 0 Å². The molecule has 6 heteroatoms. The van der Waals surface area contributed by atoms with Crippen LogP contribution in [0.2, 0.25) is 5.02 Å². The standard InChI is InChI=1S/C19H17ClN2O2S/c1-2-6-16(23)21-12-7-5-8-13(11-12)22-19(24)18-17(20)14-9-3-4-10-15(14)25-18/h3-5,7-11H,2,6H2,1H3,(H,21,23)(H,22,24). The fourth-order valence-corrected chi connectivity index (χ4v) is 3.89. The molecular formula is C19H17ClN2O2S. The predicted octanol–water partition coefficient (Wildman–Crippen LogP) is 5.55. The lowest BCUT2D eigenvalue weighted by atomic mass is 10.2. The van der Waals surface area contributed by atoms with Crippen molar-refractivity contribution in [2.45, 2.75) is 19.8 Å². The number of thiophene rings is 1. The number of anilines is 2. The van der Waals surface area contributed by atoms with Gasteiger partial charge in [0.15, 0.2) is 0 Å². The number of benzene rings is 2. The molecule has 1 aromatic heterocycles. The van der Waals surface area contributed by atoms with E-state index in [2.05, 4.69) is 10.6 Å². The van der Waals surface area contributed by atoms with Gasteiger partial charge in [-0.3, -0.25) is 9.59 Å². The molecule has 0 unspecified atom stereocenters. The van der Waals surface area contributed by atoms with E-state index in [0.29, 0.717) is 27.7 Å². The lowest BCUT2D eigenvalue weighted by molar-refractivity contribution is -0.116. The van der Waals surface area contributed by atoms with E-state index < -0.39 is 0 Å². The van der Waals surface area contributed by atoms with Crippen molar-refractivity contribution in [1.29, 1.82) is 0 Å². The minimum atomic E-state index is -0.261. The molecule has 2 N–H and O–H groups in total. The molecule has 4 nitrogen and oxygen atoms in total. The maximum atomic E-state index is 12.6. The molecule has 2 amide bonds. The lowest BCUT2D eigenvalue weighted by Gasteiger charge is -2.08. The van der Waals surface area contributed by atoms with Crippen LogP contribution in [0.5, 0.6) is 0 Å². The summed E-state index contributed by atoms with van der Waals surface area (Å²) in [5.41, 5.74) is 1.26. The average molecular weight is 373 g/mol. The average Bonchev–Trinajstić information content (AvgIpc) is 2.93. The third kappa shape index (κ3) is 4.00. The van der Waals surface area contributed by atoms with Crippen molar-refractivity contribution in [2.24, 2.45) is 0 Å². The summed E-state index contributed by atoms with van der Waals surface area (Å²) in [6.07, 6.45) is 1.25. The summed E-state index contributed by atoms with van der Waals surface area (Å²) in [4.78, 5) is 24.7. The van der Waals surface area contributed by atoms with E-state index >= 15 is 0 Å². The minimum absolute atomic E-state index is 0.0430. The molecule has 128 valence electrons. The Hall–Kier alpha value is -2.37. The molecule has 2 aromatic carbocycles. The van der Waals surface area contributed by atoms with E-state index in [0.717, 1.165) is 16.5 Å². The SMILES string of the molecule is CCCC(=O)Nc1cccc(NC(=O)c2sc3ccccc3c2Cl)c1. The molecule has 3 aromatic rings. The van der Waals surface area contributed by atoms with Crippen LogP contribution in [0.3, 0.4) is 0 Å². The molecule has 0 spiro atoms. The number of rotatable bonds is 5. The van der Waals surface area contributed by atoms with Gasteiger partial charge in [0.2, 0.25) is 5.91 Å². The number of nitrogens with one attached hydrogen (secondary N) is 2. The van der Waals surface area contributed by atoms with Crippen molar-refractivity contribution in [3.8, 4) is 0 Å². The third-order valence-electron chi connectivity index (χ3n) is 3.62. The smallest absolute Gasteiger partial charge is 0.267 e. The van der Waals surface area contributed by atoms with Crippen LogP contribution in [0, 0.1) is 0 Å². The molecule has 0 bridgehead atoms. The van der Waals surface area contributed by atoms with Crippen molar-refractivity contribution in [2.75, 3.05) is 10.6 Å². The monoisotopic (exact) mass is 372 g/mol. The Balaban J connectivity index is 1.78. The van der Waals surface area contributed by atoms with Gasteiger partial charge in [-0.15, -0.1) is 11.3 Å². The predicted molar refractivity (Wildman–Crippen MR) is 105 cm³/mol. The number of fused-ring (bicyclic) bond motifs is 1. The highest BCUT2D eigenvalue weighted by Crippen LogP contribution is 2.35. The molecule has 0 saturated carbocycles. The van der Waals surface area contributed by atoms with Gasteiger partial charge in [-0.2, -0.15) is 0 Å². The van der Waals surface area contributed by atoms with E-state index in [4.69, 9.17) is 11.6 Å². The molecule has 0 atom stereocenters. The highest BCUT2D eigenvalue weighted by molar-refractivity contribution is 7.21. The first-order chi connectivity index (χ1) is 12.1. The normalized spacial score (nSPS) is 10.6. The molecule has 1 heterocycles. The number of hydrogen-bond acceptors (Lipinski definition) is 3. The second-order valence-electron chi connectivity index (χ2n) is 5.57. The Labute approximate surface area is 154 Å². The number of carbonyl (C=O) groups excluding carboxylic acids is 2. The van der Waals surface area contributed by atoms with Crippen LogP contribution in [0.4, 0.5) is 11.4 Å². The van der Waals surface area contributed by atoms with E-state index in [-0.39, 0.29) is 11.8 Å².